The number of likely N-dealkylation sites (tertiary alicyclic amines) is 1. The molecule has 5 nitrogen and oxygen atoms in total. The first-order valence-corrected chi connectivity index (χ1v) is 9.95. The molecule has 2 aliphatic rings. The average molecular weight is 338 g/mol. The Morgan fingerprint density at radius 3 is 2.74 bits per heavy atom. The van der Waals surface area contributed by atoms with E-state index in [1.807, 2.05) is 13.8 Å². The van der Waals surface area contributed by atoms with E-state index in [1.165, 1.54) is 12.8 Å². The Morgan fingerprint density at radius 1 is 1.30 bits per heavy atom. The molecule has 128 valence electrons. The normalized spacial score (nSPS) is 22.4. The maximum Gasteiger partial charge on any atom is 0.240 e. The molecule has 1 saturated carbocycles. The fourth-order valence-corrected chi connectivity index (χ4v) is 4.63. The Balaban J connectivity index is 1.60. The molecule has 1 saturated heterocycles. The maximum absolute atomic E-state index is 12.5. The van der Waals surface area contributed by atoms with Crippen molar-refractivity contribution >= 4 is 10.0 Å². The van der Waals surface area contributed by atoms with E-state index in [0.29, 0.717) is 29.7 Å². The van der Waals surface area contributed by atoms with E-state index >= 15 is 0 Å². The fraction of sp³-hybridized carbons (Fsp3) is 0.647. The predicted molar refractivity (Wildman–Crippen MR) is 90.2 cm³/mol. The van der Waals surface area contributed by atoms with E-state index in [4.69, 9.17) is 4.74 Å². The van der Waals surface area contributed by atoms with Crippen LogP contribution in [0.1, 0.15) is 31.7 Å². The van der Waals surface area contributed by atoms with Crippen molar-refractivity contribution in [2.45, 2.75) is 44.0 Å². The quantitative estimate of drug-likeness (QED) is 0.828. The number of hydrogen-bond acceptors (Lipinski definition) is 4. The molecule has 0 amide bonds. The monoisotopic (exact) mass is 338 g/mol. The van der Waals surface area contributed by atoms with Gasteiger partial charge in [-0.25, -0.2) is 13.1 Å². The number of benzene rings is 1. The SMILES string of the molecule is CCOc1ccc(S(=O)(=O)NC[C@H]2CCN(C3CC3)C2)c(C)c1. The highest BCUT2D eigenvalue weighted by Gasteiger charge is 2.34. The van der Waals surface area contributed by atoms with Gasteiger partial charge in [0.25, 0.3) is 0 Å². The van der Waals surface area contributed by atoms with Gasteiger partial charge in [0.15, 0.2) is 0 Å². The van der Waals surface area contributed by atoms with Crippen molar-refractivity contribution in [1.29, 1.82) is 0 Å². The molecule has 1 atom stereocenters. The molecule has 1 aliphatic carbocycles. The number of hydrogen-bond donors (Lipinski definition) is 1. The van der Waals surface area contributed by atoms with Crippen LogP contribution in [-0.4, -0.2) is 45.6 Å². The van der Waals surface area contributed by atoms with Crippen LogP contribution in [0.25, 0.3) is 0 Å². The summed E-state index contributed by atoms with van der Waals surface area (Å²) in [4.78, 5) is 2.85. The molecule has 6 heteroatoms. The van der Waals surface area contributed by atoms with Crippen LogP contribution >= 0.6 is 0 Å². The van der Waals surface area contributed by atoms with Crippen molar-refractivity contribution in [3.63, 3.8) is 0 Å². The smallest absolute Gasteiger partial charge is 0.240 e. The fourth-order valence-electron chi connectivity index (χ4n) is 3.29. The summed E-state index contributed by atoms with van der Waals surface area (Å²) >= 11 is 0. The molecule has 0 unspecified atom stereocenters. The van der Waals surface area contributed by atoms with Crippen LogP contribution in [0.15, 0.2) is 23.1 Å². The summed E-state index contributed by atoms with van der Waals surface area (Å²) in [6, 6.07) is 5.90. The van der Waals surface area contributed by atoms with Crippen LogP contribution in [0.5, 0.6) is 5.75 Å². The second kappa shape index (κ2) is 6.79. The summed E-state index contributed by atoms with van der Waals surface area (Å²) in [5.41, 5.74) is 0.717. The number of rotatable bonds is 7. The highest BCUT2D eigenvalue weighted by atomic mass is 32.2. The zero-order chi connectivity index (χ0) is 16.4. The second-order valence-corrected chi connectivity index (χ2v) is 8.33. The van der Waals surface area contributed by atoms with Gasteiger partial charge < -0.3 is 9.64 Å². The van der Waals surface area contributed by atoms with E-state index < -0.39 is 10.0 Å². The number of aryl methyl sites for hydroxylation is 1. The topological polar surface area (TPSA) is 58.6 Å². The second-order valence-electron chi connectivity index (χ2n) is 6.59. The molecule has 2 fully saturated rings. The van der Waals surface area contributed by atoms with Crippen LogP contribution in [0.2, 0.25) is 0 Å². The summed E-state index contributed by atoms with van der Waals surface area (Å²) in [6.07, 6.45) is 3.70. The molecule has 0 aromatic heterocycles. The highest BCUT2D eigenvalue weighted by Crippen LogP contribution is 2.31. The Kier molecular flexibility index (Phi) is 4.94. The van der Waals surface area contributed by atoms with Crippen molar-refractivity contribution in [2.75, 3.05) is 26.2 Å². The van der Waals surface area contributed by atoms with Gasteiger partial charge in [0.2, 0.25) is 10.0 Å². The lowest BCUT2D eigenvalue weighted by Gasteiger charge is -2.16. The first kappa shape index (κ1) is 16.7. The Labute approximate surface area is 139 Å². The summed E-state index contributed by atoms with van der Waals surface area (Å²) in [5.74, 6) is 1.13. The third-order valence-corrected chi connectivity index (χ3v) is 6.27. The van der Waals surface area contributed by atoms with Gasteiger partial charge in [-0.05, 0) is 69.3 Å². The first-order valence-electron chi connectivity index (χ1n) is 8.46. The molecule has 0 radical (unpaired) electrons. The number of nitrogens with zero attached hydrogens (tertiary/aromatic N) is 1. The van der Waals surface area contributed by atoms with Gasteiger partial charge >= 0.3 is 0 Å². The van der Waals surface area contributed by atoms with E-state index in [2.05, 4.69) is 9.62 Å². The van der Waals surface area contributed by atoms with Crippen LogP contribution in [0.4, 0.5) is 0 Å². The molecular formula is C17H26N2O3S. The molecular weight excluding hydrogens is 312 g/mol. The van der Waals surface area contributed by atoms with Gasteiger partial charge in [0, 0.05) is 19.1 Å². The van der Waals surface area contributed by atoms with Gasteiger partial charge in [-0.3, -0.25) is 0 Å². The van der Waals surface area contributed by atoms with Crippen molar-refractivity contribution in [1.82, 2.24) is 9.62 Å². The van der Waals surface area contributed by atoms with Gasteiger partial charge in [-0.2, -0.15) is 0 Å². The Hall–Kier alpha value is -1.11. The molecule has 1 aromatic rings. The van der Waals surface area contributed by atoms with Crippen LogP contribution in [0, 0.1) is 12.8 Å². The predicted octanol–water partition coefficient (Wildman–Crippen LogP) is 2.16. The largest absolute Gasteiger partial charge is 0.494 e. The van der Waals surface area contributed by atoms with Crippen molar-refractivity contribution in [3.05, 3.63) is 23.8 Å². The third kappa shape index (κ3) is 4.05. The van der Waals surface area contributed by atoms with Gasteiger partial charge in [0.05, 0.1) is 11.5 Å². The molecule has 1 heterocycles. The van der Waals surface area contributed by atoms with Crippen molar-refractivity contribution in [3.8, 4) is 5.75 Å². The number of nitrogens with one attached hydrogen (secondary N) is 1. The molecule has 23 heavy (non-hydrogen) atoms. The minimum Gasteiger partial charge on any atom is -0.494 e. The molecule has 1 N–H and O–H groups in total. The van der Waals surface area contributed by atoms with Gasteiger partial charge in [-0.15, -0.1) is 0 Å². The van der Waals surface area contributed by atoms with Crippen molar-refractivity contribution < 1.29 is 13.2 Å². The average Bonchev–Trinajstić information content (AvgIpc) is 3.24. The van der Waals surface area contributed by atoms with Gasteiger partial charge in [-0.1, -0.05) is 0 Å². The van der Waals surface area contributed by atoms with Crippen LogP contribution < -0.4 is 9.46 Å². The molecule has 3 rings (SSSR count). The standard InChI is InChI=1S/C17H26N2O3S/c1-3-22-16-6-7-17(13(2)10-16)23(20,21)18-11-14-8-9-19(12-14)15-4-5-15/h6-7,10,14-15,18H,3-5,8-9,11-12H2,1-2H3/t14-/m1/s1. The first-order chi connectivity index (χ1) is 11.0. The zero-order valence-electron chi connectivity index (χ0n) is 13.9. The highest BCUT2D eigenvalue weighted by molar-refractivity contribution is 7.89. The van der Waals surface area contributed by atoms with Crippen molar-refractivity contribution in [2.24, 2.45) is 5.92 Å². The van der Waals surface area contributed by atoms with E-state index in [9.17, 15) is 8.42 Å². The van der Waals surface area contributed by atoms with Gasteiger partial charge in [0.1, 0.15) is 5.75 Å². The van der Waals surface area contributed by atoms with Crippen LogP contribution in [-0.2, 0) is 10.0 Å². The molecule has 1 aromatic carbocycles. The zero-order valence-corrected chi connectivity index (χ0v) is 14.7. The van der Waals surface area contributed by atoms with E-state index in [0.717, 1.165) is 31.1 Å². The Bertz CT molecular complexity index is 656. The molecule has 0 bridgehead atoms. The summed E-state index contributed by atoms with van der Waals surface area (Å²) < 4.78 is 33.3. The Morgan fingerprint density at radius 2 is 2.09 bits per heavy atom. The summed E-state index contributed by atoms with van der Waals surface area (Å²) in [7, 11) is -3.46. The minimum atomic E-state index is -3.46. The minimum absolute atomic E-state index is 0.345. The maximum atomic E-state index is 12.5. The lowest BCUT2D eigenvalue weighted by atomic mass is 10.1. The summed E-state index contributed by atoms with van der Waals surface area (Å²) in [6.45, 7) is 6.95. The number of ether oxygens (including phenoxy) is 1. The molecule has 0 spiro atoms. The molecule has 1 aliphatic heterocycles. The third-order valence-electron chi connectivity index (χ3n) is 4.69. The lowest BCUT2D eigenvalue weighted by Crippen LogP contribution is -2.31. The number of sulfonamides is 1. The van der Waals surface area contributed by atoms with E-state index in [1.54, 1.807) is 18.2 Å². The lowest BCUT2D eigenvalue weighted by molar-refractivity contribution is 0.314. The van der Waals surface area contributed by atoms with E-state index in [-0.39, 0.29) is 0 Å². The van der Waals surface area contributed by atoms with Crippen LogP contribution in [0.3, 0.4) is 0 Å². The summed E-state index contributed by atoms with van der Waals surface area (Å²) in [5, 5.41) is 0.